The number of anilines is 3. The molecule has 3 aliphatic carbocycles. The highest BCUT2D eigenvalue weighted by Gasteiger charge is 2.39. The number of allylic oxidation sites excluding steroid dienone is 2. The standard InChI is InChI=1S/C55H47NO/c1-55(2)46-27-10-6-24-44(46)54-47(55)28-16-31-50(54)56(48-29-11-7-21-39(48)38-33-34-52-45(35-38)42-23-9-13-32-51(42)57-52)49-30-12-8-22-41(49)43-26-15-20-37-19-14-25-40(53(37)43)36-17-4-3-5-18-36/h6-16,19-36,45,52H,3-5,17-18H2,1-2H3. The number of para-hydroxylation sites is 3. The zero-order valence-electron chi connectivity index (χ0n) is 32.8. The van der Waals surface area contributed by atoms with Gasteiger partial charge in [-0.3, -0.25) is 0 Å². The molecule has 1 heterocycles. The average molecular weight is 738 g/mol. The fourth-order valence-corrected chi connectivity index (χ4v) is 10.7. The molecule has 7 aromatic carbocycles. The molecular formula is C55H47NO. The Hall–Kier alpha value is -6.12. The van der Waals surface area contributed by atoms with Crippen molar-refractivity contribution in [3.8, 4) is 28.0 Å². The van der Waals surface area contributed by atoms with Gasteiger partial charge >= 0.3 is 0 Å². The molecule has 0 radical (unpaired) electrons. The van der Waals surface area contributed by atoms with Crippen molar-refractivity contribution in [3.63, 3.8) is 0 Å². The number of ether oxygens (including phenoxy) is 1. The predicted octanol–water partition coefficient (Wildman–Crippen LogP) is 14.8. The summed E-state index contributed by atoms with van der Waals surface area (Å²) in [7, 11) is 0. The molecule has 0 aromatic heterocycles. The van der Waals surface area contributed by atoms with E-state index in [1.165, 1.54) is 110 Å². The Balaban J connectivity index is 1.17. The Kier molecular flexibility index (Phi) is 8.10. The number of rotatable bonds is 6. The van der Waals surface area contributed by atoms with Gasteiger partial charge < -0.3 is 9.64 Å². The van der Waals surface area contributed by atoms with Crippen LogP contribution in [0.2, 0.25) is 0 Å². The van der Waals surface area contributed by atoms with Crippen LogP contribution in [0, 0.1) is 0 Å². The molecule has 7 aromatic rings. The second kappa shape index (κ2) is 13.5. The number of benzene rings is 7. The molecule has 0 bridgehead atoms. The quantitative estimate of drug-likeness (QED) is 0.168. The summed E-state index contributed by atoms with van der Waals surface area (Å²) >= 11 is 0. The molecule has 0 spiro atoms. The van der Waals surface area contributed by atoms with Crippen LogP contribution in [0.3, 0.4) is 0 Å². The molecule has 0 amide bonds. The van der Waals surface area contributed by atoms with Crippen LogP contribution >= 0.6 is 0 Å². The lowest BCUT2D eigenvalue weighted by atomic mass is 9.80. The van der Waals surface area contributed by atoms with Gasteiger partial charge in [-0.1, -0.05) is 173 Å². The summed E-state index contributed by atoms with van der Waals surface area (Å²) in [6.45, 7) is 4.76. The van der Waals surface area contributed by atoms with Crippen LogP contribution in [0.1, 0.15) is 85.6 Å². The van der Waals surface area contributed by atoms with Crippen LogP contribution in [-0.4, -0.2) is 6.10 Å². The molecule has 57 heavy (non-hydrogen) atoms. The lowest BCUT2D eigenvalue weighted by Crippen LogP contribution is -2.18. The van der Waals surface area contributed by atoms with Crippen molar-refractivity contribution in [1.82, 2.24) is 0 Å². The maximum Gasteiger partial charge on any atom is 0.128 e. The summed E-state index contributed by atoms with van der Waals surface area (Å²) in [5.41, 5.74) is 16.5. The Morgan fingerprint density at radius 3 is 2.00 bits per heavy atom. The van der Waals surface area contributed by atoms with E-state index >= 15 is 0 Å². The molecule has 2 unspecified atom stereocenters. The number of hydrogen-bond donors (Lipinski definition) is 0. The molecule has 1 fully saturated rings. The molecule has 1 aliphatic heterocycles. The van der Waals surface area contributed by atoms with E-state index in [2.05, 4.69) is 189 Å². The monoisotopic (exact) mass is 737 g/mol. The van der Waals surface area contributed by atoms with Crippen LogP contribution in [-0.2, 0) is 5.41 Å². The summed E-state index contributed by atoms with van der Waals surface area (Å²) in [4.78, 5) is 2.59. The highest BCUT2D eigenvalue weighted by molar-refractivity contribution is 6.05. The number of hydrogen-bond acceptors (Lipinski definition) is 2. The van der Waals surface area contributed by atoms with Crippen LogP contribution in [0.15, 0.2) is 170 Å². The minimum atomic E-state index is -0.128. The van der Waals surface area contributed by atoms with Gasteiger partial charge in [-0.25, -0.2) is 0 Å². The summed E-state index contributed by atoms with van der Waals surface area (Å²) in [5, 5.41) is 2.72. The van der Waals surface area contributed by atoms with Crippen LogP contribution in [0.25, 0.3) is 38.6 Å². The fourth-order valence-electron chi connectivity index (χ4n) is 10.7. The van der Waals surface area contributed by atoms with E-state index in [4.69, 9.17) is 4.74 Å². The second-order valence-corrected chi connectivity index (χ2v) is 17.0. The smallest absolute Gasteiger partial charge is 0.128 e. The van der Waals surface area contributed by atoms with E-state index in [0.717, 1.165) is 11.4 Å². The van der Waals surface area contributed by atoms with Gasteiger partial charge in [0.2, 0.25) is 0 Å². The number of nitrogens with zero attached hydrogens (tertiary/aromatic N) is 1. The topological polar surface area (TPSA) is 12.5 Å². The van der Waals surface area contributed by atoms with E-state index in [9.17, 15) is 0 Å². The van der Waals surface area contributed by atoms with Crippen molar-refractivity contribution in [2.75, 3.05) is 4.90 Å². The van der Waals surface area contributed by atoms with Gasteiger partial charge in [0.15, 0.2) is 0 Å². The van der Waals surface area contributed by atoms with Crippen LogP contribution in [0.5, 0.6) is 5.75 Å². The summed E-state index contributed by atoms with van der Waals surface area (Å²) < 4.78 is 6.43. The molecule has 2 nitrogen and oxygen atoms in total. The Morgan fingerprint density at radius 2 is 1.16 bits per heavy atom. The van der Waals surface area contributed by atoms with Crippen molar-refractivity contribution in [3.05, 3.63) is 198 Å². The Morgan fingerprint density at radius 1 is 0.544 bits per heavy atom. The average Bonchev–Trinajstić information content (AvgIpc) is 3.76. The Bertz CT molecular complexity index is 2760. The van der Waals surface area contributed by atoms with Gasteiger partial charge in [0.25, 0.3) is 0 Å². The minimum Gasteiger partial charge on any atom is -0.485 e. The van der Waals surface area contributed by atoms with Crippen molar-refractivity contribution in [2.45, 2.75) is 69.3 Å². The van der Waals surface area contributed by atoms with Gasteiger partial charge in [-0.15, -0.1) is 0 Å². The van der Waals surface area contributed by atoms with Gasteiger partial charge in [0.05, 0.1) is 17.1 Å². The highest BCUT2D eigenvalue weighted by atomic mass is 16.5. The largest absolute Gasteiger partial charge is 0.485 e. The highest BCUT2D eigenvalue weighted by Crippen LogP contribution is 2.56. The molecule has 278 valence electrons. The zero-order chi connectivity index (χ0) is 38.1. The van der Waals surface area contributed by atoms with E-state index in [1.807, 2.05) is 0 Å². The van der Waals surface area contributed by atoms with E-state index in [0.29, 0.717) is 5.92 Å². The minimum absolute atomic E-state index is 0.0102. The molecule has 1 saturated carbocycles. The van der Waals surface area contributed by atoms with Crippen LogP contribution in [0.4, 0.5) is 17.1 Å². The first kappa shape index (κ1) is 34.2. The maximum absolute atomic E-state index is 6.43. The first-order valence-corrected chi connectivity index (χ1v) is 21.0. The van der Waals surface area contributed by atoms with Crippen molar-refractivity contribution < 1.29 is 4.74 Å². The third-order valence-electron chi connectivity index (χ3n) is 13.4. The molecule has 11 rings (SSSR count). The zero-order valence-corrected chi connectivity index (χ0v) is 32.8. The lowest BCUT2D eigenvalue weighted by Gasteiger charge is -2.33. The molecule has 0 N–H and O–H groups in total. The molecule has 0 saturated heterocycles. The van der Waals surface area contributed by atoms with Crippen molar-refractivity contribution in [2.24, 2.45) is 0 Å². The molecule has 4 aliphatic rings. The van der Waals surface area contributed by atoms with E-state index < -0.39 is 0 Å². The molecular weight excluding hydrogens is 691 g/mol. The van der Waals surface area contributed by atoms with Gasteiger partial charge in [0.1, 0.15) is 11.9 Å². The maximum atomic E-state index is 6.43. The van der Waals surface area contributed by atoms with E-state index in [-0.39, 0.29) is 17.4 Å². The van der Waals surface area contributed by atoms with Crippen molar-refractivity contribution >= 4 is 33.4 Å². The lowest BCUT2D eigenvalue weighted by molar-refractivity contribution is 0.269. The van der Waals surface area contributed by atoms with Gasteiger partial charge in [-0.2, -0.15) is 0 Å². The van der Waals surface area contributed by atoms with Gasteiger partial charge in [-0.05, 0) is 93.3 Å². The second-order valence-electron chi connectivity index (χ2n) is 17.0. The first-order valence-electron chi connectivity index (χ1n) is 21.0. The molecule has 2 heteroatoms. The third kappa shape index (κ3) is 5.45. The Labute approximate surface area is 336 Å². The molecule has 2 atom stereocenters. The normalized spacial score (nSPS) is 18.9. The van der Waals surface area contributed by atoms with E-state index in [1.54, 1.807) is 0 Å². The summed E-state index contributed by atoms with van der Waals surface area (Å²) in [6, 6.07) is 56.7. The predicted molar refractivity (Wildman–Crippen MR) is 238 cm³/mol. The van der Waals surface area contributed by atoms with Crippen LogP contribution < -0.4 is 9.64 Å². The van der Waals surface area contributed by atoms with Crippen molar-refractivity contribution in [1.29, 1.82) is 0 Å². The number of fused-ring (bicyclic) bond motifs is 7. The summed E-state index contributed by atoms with van der Waals surface area (Å²) in [6.07, 6.45) is 13.5. The SMILES string of the molecule is CC1(C)c2ccccc2-c2c(N(c3ccccc3C3=CC4c5ccccc5OC4C=C3)c3ccccc3-c3cccc4cccc(C5CCCCC5)c34)cccc21. The third-order valence-corrected chi connectivity index (χ3v) is 13.4. The van der Waals surface area contributed by atoms with Gasteiger partial charge in [0, 0.05) is 33.6 Å². The summed E-state index contributed by atoms with van der Waals surface area (Å²) in [5.74, 6) is 1.74. The first-order chi connectivity index (χ1) is 28.1. The fraction of sp³-hybridized carbons (Fsp3) is 0.200.